The zero-order chi connectivity index (χ0) is 15.5. The summed E-state index contributed by atoms with van der Waals surface area (Å²) in [5, 5.41) is 3.66. The molecule has 3 rings (SSSR count). The highest BCUT2D eigenvalue weighted by Gasteiger charge is 2.05. The molecule has 0 unspecified atom stereocenters. The minimum atomic E-state index is -0.243. The van der Waals surface area contributed by atoms with Crippen LogP contribution in [0.5, 0.6) is 0 Å². The summed E-state index contributed by atoms with van der Waals surface area (Å²) in [6, 6.07) is 13.6. The molecule has 1 N–H and O–H groups in total. The summed E-state index contributed by atoms with van der Waals surface area (Å²) < 4.78 is 0. The number of aryl methyl sites for hydroxylation is 1. The van der Waals surface area contributed by atoms with Crippen molar-refractivity contribution in [2.75, 3.05) is 5.32 Å². The lowest BCUT2D eigenvalue weighted by Crippen LogP contribution is -2.07. The number of carbonyl (C=O) groups excluding carboxylic acids is 1. The molecule has 0 saturated heterocycles. The normalized spacial score (nSPS) is 10.4. The fourth-order valence-corrected chi connectivity index (χ4v) is 2.14. The monoisotopic (exact) mass is 289 g/mol. The Labute approximate surface area is 128 Å². The minimum absolute atomic E-state index is 0.243. The van der Waals surface area contributed by atoms with Crippen molar-refractivity contribution in [3.63, 3.8) is 0 Å². The van der Waals surface area contributed by atoms with E-state index in [-0.39, 0.29) is 5.91 Å². The Hall–Kier alpha value is -3.01. The lowest BCUT2D eigenvalue weighted by molar-refractivity contribution is -0.111. The first-order valence-corrected chi connectivity index (χ1v) is 6.93. The first-order chi connectivity index (χ1) is 10.7. The van der Waals surface area contributed by atoms with Gasteiger partial charge in [0.05, 0.1) is 5.52 Å². The SMILES string of the molecule is C=CC(=O)Nc1ccc2cnc(-c3ccc(C)cc3)nc2c1. The van der Waals surface area contributed by atoms with Crippen LogP contribution in [0.15, 0.2) is 61.3 Å². The summed E-state index contributed by atoms with van der Waals surface area (Å²) in [5.41, 5.74) is 3.63. The molecule has 108 valence electrons. The van der Waals surface area contributed by atoms with Crippen LogP contribution in [0.2, 0.25) is 0 Å². The molecule has 1 amide bonds. The van der Waals surface area contributed by atoms with Crippen molar-refractivity contribution in [1.29, 1.82) is 0 Å². The van der Waals surface area contributed by atoms with Gasteiger partial charge in [0.25, 0.3) is 0 Å². The van der Waals surface area contributed by atoms with E-state index >= 15 is 0 Å². The molecule has 4 heteroatoms. The van der Waals surface area contributed by atoms with Crippen LogP contribution in [0.3, 0.4) is 0 Å². The molecule has 0 bridgehead atoms. The van der Waals surface area contributed by atoms with Gasteiger partial charge >= 0.3 is 0 Å². The number of hydrogen-bond acceptors (Lipinski definition) is 3. The van der Waals surface area contributed by atoms with E-state index < -0.39 is 0 Å². The third-order valence-electron chi connectivity index (χ3n) is 3.35. The fraction of sp³-hybridized carbons (Fsp3) is 0.0556. The van der Waals surface area contributed by atoms with Crippen molar-refractivity contribution in [2.24, 2.45) is 0 Å². The van der Waals surface area contributed by atoms with Gasteiger partial charge in [-0.3, -0.25) is 4.79 Å². The maximum Gasteiger partial charge on any atom is 0.247 e. The van der Waals surface area contributed by atoms with Gasteiger partial charge in [0.15, 0.2) is 5.82 Å². The van der Waals surface area contributed by atoms with Crippen LogP contribution in [0.1, 0.15) is 5.56 Å². The molecule has 1 heterocycles. The smallest absolute Gasteiger partial charge is 0.247 e. The van der Waals surface area contributed by atoms with Crippen molar-refractivity contribution in [3.8, 4) is 11.4 Å². The summed E-state index contributed by atoms with van der Waals surface area (Å²) >= 11 is 0. The van der Waals surface area contributed by atoms with Gasteiger partial charge in [-0.15, -0.1) is 0 Å². The van der Waals surface area contributed by atoms with E-state index in [1.807, 2.05) is 49.4 Å². The molecule has 0 atom stereocenters. The van der Waals surface area contributed by atoms with Crippen LogP contribution in [0, 0.1) is 6.92 Å². The van der Waals surface area contributed by atoms with Gasteiger partial charge in [0.1, 0.15) is 0 Å². The number of amides is 1. The summed E-state index contributed by atoms with van der Waals surface area (Å²) in [5.74, 6) is 0.423. The van der Waals surface area contributed by atoms with Crippen LogP contribution in [0.4, 0.5) is 5.69 Å². The van der Waals surface area contributed by atoms with Crippen LogP contribution in [0.25, 0.3) is 22.3 Å². The van der Waals surface area contributed by atoms with Gasteiger partial charge in [-0.25, -0.2) is 9.97 Å². The second-order valence-corrected chi connectivity index (χ2v) is 5.03. The number of nitrogens with one attached hydrogen (secondary N) is 1. The predicted molar refractivity (Wildman–Crippen MR) is 88.5 cm³/mol. The van der Waals surface area contributed by atoms with Crippen molar-refractivity contribution >= 4 is 22.5 Å². The average Bonchev–Trinajstić information content (AvgIpc) is 2.54. The number of nitrogens with zero attached hydrogens (tertiary/aromatic N) is 2. The Kier molecular flexibility index (Phi) is 3.66. The van der Waals surface area contributed by atoms with Gasteiger partial charge in [-0.1, -0.05) is 36.4 Å². The van der Waals surface area contributed by atoms with E-state index in [1.54, 1.807) is 6.20 Å². The molecule has 22 heavy (non-hydrogen) atoms. The Balaban J connectivity index is 2.01. The zero-order valence-electron chi connectivity index (χ0n) is 12.2. The van der Waals surface area contributed by atoms with E-state index in [0.29, 0.717) is 11.5 Å². The van der Waals surface area contributed by atoms with E-state index in [1.165, 1.54) is 11.6 Å². The van der Waals surface area contributed by atoms with Gasteiger partial charge in [0, 0.05) is 22.8 Å². The quantitative estimate of drug-likeness (QED) is 0.747. The molecule has 1 aromatic heterocycles. The standard InChI is InChI=1S/C18H15N3O/c1-3-17(22)20-15-9-8-14-11-19-18(21-16(14)10-15)13-6-4-12(2)5-7-13/h3-11H,1H2,2H3,(H,20,22). The molecule has 0 fully saturated rings. The highest BCUT2D eigenvalue weighted by molar-refractivity contribution is 6.00. The highest BCUT2D eigenvalue weighted by atomic mass is 16.1. The predicted octanol–water partition coefficient (Wildman–Crippen LogP) is 3.73. The lowest BCUT2D eigenvalue weighted by atomic mass is 10.1. The molecule has 0 aliphatic carbocycles. The Morgan fingerprint density at radius 2 is 1.95 bits per heavy atom. The van der Waals surface area contributed by atoms with Crippen molar-refractivity contribution in [3.05, 3.63) is 66.9 Å². The molecular weight excluding hydrogens is 274 g/mol. The minimum Gasteiger partial charge on any atom is -0.322 e. The third-order valence-corrected chi connectivity index (χ3v) is 3.35. The number of aromatic nitrogens is 2. The fourth-order valence-electron chi connectivity index (χ4n) is 2.14. The zero-order valence-corrected chi connectivity index (χ0v) is 12.2. The van der Waals surface area contributed by atoms with Crippen LogP contribution in [-0.2, 0) is 4.79 Å². The topological polar surface area (TPSA) is 54.9 Å². The third kappa shape index (κ3) is 2.86. The maximum atomic E-state index is 11.4. The molecule has 4 nitrogen and oxygen atoms in total. The van der Waals surface area contributed by atoms with Crippen LogP contribution >= 0.6 is 0 Å². The molecule has 0 aliphatic rings. The van der Waals surface area contributed by atoms with Crippen molar-refractivity contribution in [2.45, 2.75) is 6.92 Å². The van der Waals surface area contributed by atoms with Crippen molar-refractivity contribution < 1.29 is 4.79 Å². The first kappa shape index (κ1) is 13.9. The maximum absolute atomic E-state index is 11.4. The summed E-state index contributed by atoms with van der Waals surface area (Å²) in [7, 11) is 0. The number of hydrogen-bond donors (Lipinski definition) is 1. The molecule has 0 aliphatic heterocycles. The number of benzene rings is 2. The summed E-state index contributed by atoms with van der Waals surface area (Å²) in [6.07, 6.45) is 3.03. The molecular formula is C18H15N3O. The highest BCUT2D eigenvalue weighted by Crippen LogP contribution is 2.21. The number of carbonyl (C=O) groups is 1. The van der Waals surface area contributed by atoms with E-state index in [2.05, 4.69) is 21.9 Å². The van der Waals surface area contributed by atoms with Crippen molar-refractivity contribution in [1.82, 2.24) is 9.97 Å². The second kappa shape index (κ2) is 5.77. The number of fused-ring (bicyclic) bond motifs is 1. The van der Waals surface area contributed by atoms with Crippen LogP contribution < -0.4 is 5.32 Å². The van der Waals surface area contributed by atoms with E-state index in [0.717, 1.165) is 16.5 Å². The van der Waals surface area contributed by atoms with Gasteiger partial charge in [-0.2, -0.15) is 0 Å². The second-order valence-electron chi connectivity index (χ2n) is 5.03. The molecule has 3 aromatic rings. The summed E-state index contributed by atoms with van der Waals surface area (Å²) in [6.45, 7) is 5.48. The van der Waals surface area contributed by atoms with E-state index in [4.69, 9.17) is 0 Å². The van der Waals surface area contributed by atoms with E-state index in [9.17, 15) is 4.79 Å². The summed E-state index contributed by atoms with van der Waals surface area (Å²) in [4.78, 5) is 20.4. The van der Waals surface area contributed by atoms with Crippen LogP contribution in [-0.4, -0.2) is 15.9 Å². The van der Waals surface area contributed by atoms with Gasteiger partial charge in [0.2, 0.25) is 5.91 Å². The molecule has 0 radical (unpaired) electrons. The molecule has 2 aromatic carbocycles. The number of rotatable bonds is 3. The lowest BCUT2D eigenvalue weighted by Gasteiger charge is -2.06. The Morgan fingerprint density at radius 1 is 1.18 bits per heavy atom. The Morgan fingerprint density at radius 3 is 2.68 bits per heavy atom. The molecule has 0 spiro atoms. The van der Waals surface area contributed by atoms with Gasteiger partial charge < -0.3 is 5.32 Å². The average molecular weight is 289 g/mol. The largest absolute Gasteiger partial charge is 0.322 e. The first-order valence-electron chi connectivity index (χ1n) is 6.93. The number of anilines is 1. The van der Waals surface area contributed by atoms with Gasteiger partial charge in [-0.05, 0) is 31.2 Å². The Bertz CT molecular complexity index is 854. The molecule has 0 saturated carbocycles.